The van der Waals surface area contributed by atoms with Gasteiger partial charge in [0, 0.05) is 3.57 Å². The Labute approximate surface area is 140 Å². The summed E-state index contributed by atoms with van der Waals surface area (Å²) < 4.78 is 6.15. The van der Waals surface area contributed by atoms with Crippen molar-refractivity contribution in [1.82, 2.24) is 4.90 Å². The molecular formula is C16H10INO4. The molecule has 0 saturated carbocycles. The number of ether oxygens (including phenoxy) is 1. The summed E-state index contributed by atoms with van der Waals surface area (Å²) in [5.74, 6) is -1.22. The number of imide groups is 1. The average Bonchev–Trinajstić information content (AvgIpc) is 2.75. The molecular weight excluding hydrogens is 397 g/mol. The van der Waals surface area contributed by atoms with Crippen molar-refractivity contribution in [3.05, 3.63) is 63.2 Å². The van der Waals surface area contributed by atoms with Gasteiger partial charge in [0.2, 0.25) is 0 Å². The van der Waals surface area contributed by atoms with Crippen LogP contribution >= 0.6 is 22.6 Å². The van der Waals surface area contributed by atoms with Crippen LogP contribution in [-0.4, -0.2) is 29.2 Å². The second-order valence-corrected chi connectivity index (χ2v) is 5.92. The molecule has 22 heavy (non-hydrogen) atoms. The van der Waals surface area contributed by atoms with E-state index in [4.69, 9.17) is 4.74 Å². The molecule has 0 saturated heterocycles. The molecule has 0 N–H and O–H groups in total. The highest BCUT2D eigenvalue weighted by molar-refractivity contribution is 14.1. The maximum atomic E-state index is 12.1. The predicted molar refractivity (Wildman–Crippen MR) is 86.6 cm³/mol. The van der Waals surface area contributed by atoms with Crippen LogP contribution in [0.3, 0.4) is 0 Å². The first-order valence-corrected chi connectivity index (χ1v) is 7.55. The van der Waals surface area contributed by atoms with Crippen LogP contribution in [0, 0.1) is 3.57 Å². The fourth-order valence-corrected chi connectivity index (χ4v) is 2.54. The Hall–Kier alpha value is -2.22. The Bertz CT molecular complexity index is 735. The summed E-state index contributed by atoms with van der Waals surface area (Å²) in [6.07, 6.45) is 0. The number of benzene rings is 2. The molecule has 1 aliphatic rings. The van der Waals surface area contributed by atoms with Crippen molar-refractivity contribution < 1.29 is 19.1 Å². The smallest absolute Gasteiger partial charge is 0.331 e. The van der Waals surface area contributed by atoms with E-state index in [1.807, 2.05) is 0 Å². The molecule has 2 aromatic rings. The third-order valence-corrected chi connectivity index (χ3v) is 3.93. The Balaban J connectivity index is 1.71. The first-order valence-electron chi connectivity index (χ1n) is 6.48. The molecule has 0 fully saturated rings. The van der Waals surface area contributed by atoms with Gasteiger partial charge in [-0.25, -0.2) is 4.79 Å². The molecule has 1 aliphatic heterocycles. The SMILES string of the molecule is O=C(CN1C(=O)c2ccccc2C1=O)Oc1ccc(I)cc1. The van der Waals surface area contributed by atoms with Gasteiger partial charge in [0.1, 0.15) is 12.3 Å². The summed E-state index contributed by atoms with van der Waals surface area (Å²) in [5.41, 5.74) is 0.629. The van der Waals surface area contributed by atoms with Gasteiger partial charge < -0.3 is 4.74 Å². The van der Waals surface area contributed by atoms with E-state index in [1.54, 1.807) is 48.5 Å². The zero-order valence-electron chi connectivity index (χ0n) is 11.3. The number of nitrogens with zero attached hydrogens (tertiary/aromatic N) is 1. The van der Waals surface area contributed by atoms with Gasteiger partial charge in [-0.3, -0.25) is 14.5 Å². The summed E-state index contributed by atoms with van der Waals surface area (Å²) in [6, 6.07) is 13.4. The number of amides is 2. The molecule has 110 valence electrons. The molecule has 0 radical (unpaired) electrons. The summed E-state index contributed by atoms with van der Waals surface area (Å²) in [7, 11) is 0. The van der Waals surface area contributed by atoms with Crippen molar-refractivity contribution in [3.8, 4) is 5.75 Å². The minimum atomic E-state index is -0.657. The number of carbonyl (C=O) groups excluding carboxylic acids is 3. The average molecular weight is 407 g/mol. The Morgan fingerprint density at radius 2 is 1.50 bits per heavy atom. The summed E-state index contributed by atoms with van der Waals surface area (Å²) in [6.45, 7) is -0.404. The lowest BCUT2D eigenvalue weighted by atomic mass is 10.1. The number of carbonyl (C=O) groups is 3. The van der Waals surface area contributed by atoms with Crippen LogP contribution in [0.4, 0.5) is 0 Å². The molecule has 2 amide bonds. The third-order valence-electron chi connectivity index (χ3n) is 3.21. The number of hydrogen-bond donors (Lipinski definition) is 0. The second kappa shape index (κ2) is 5.88. The van der Waals surface area contributed by atoms with E-state index in [-0.39, 0.29) is 0 Å². The zero-order chi connectivity index (χ0) is 15.7. The molecule has 0 atom stereocenters. The van der Waals surface area contributed by atoms with E-state index in [0.717, 1.165) is 8.47 Å². The van der Waals surface area contributed by atoms with Crippen LogP contribution in [0.1, 0.15) is 20.7 Å². The van der Waals surface area contributed by atoms with Gasteiger partial charge in [0.15, 0.2) is 0 Å². The molecule has 5 nitrogen and oxygen atoms in total. The highest BCUT2D eigenvalue weighted by Gasteiger charge is 2.36. The Morgan fingerprint density at radius 3 is 2.05 bits per heavy atom. The number of esters is 1. The van der Waals surface area contributed by atoms with E-state index in [0.29, 0.717) is 16.9 Å². The molecule has 0 aliphatic carbocycles. The molecule has 2 aromatic carbocycles. The number of halogens is 1. The fourth-order valence-electron chi connectivity index (χ4n) is 2.18. The zero-order valence-corrected chi connectivity index (χ0v) is 13.4. The number of hydrogen-bond acceptors (Lipinski definition) is 4. The van der Waals surface area contributed by atoms with Crippen molar-refractivity contribution in [3.63, 3.8) is 0 Å². The summed E-state index contributed by atoms with van der Waals surface area (Å²) in [5, 5.41) is 0. The van der Waals surface area contributed by atoms with E-state index in [1.165, 1.54) is 0 Å². The lowest BCUT2D eigenvalue weighted by Crippen LogP contribution is -2.36. The monoisotopic (exact) mass is 407 g/mol. The normalized spacial score (nSPS) is 13.2. The molecule has 0 unspecified atom stereocenters. The topological polar surface area (TPSA) is 63.7 Å². The predicted octanol–water partition coefficient (Wildman–Crippen LogP) is 2.49. The van der Waals surface area contributed by atoms with Gasteiger partial charge in [-0.2, -0.15) is 0 Å². The Kier molecular flexibility index (Phi) is 3.93. The highest BCUT2D eigenvalue weighted by Crippen LogP contribution is 2.22. The number of rotatable bonds is 3. The van der Waals surface area contributed by atoms with E-state index in [9.17, 15) is 14.4 Å². The van der Waals surface area contributed by atoms with Gasteiger partial charge in [-0.15, -0.1) is 0 Å². The van der Waals surface area contributed by atoms with Gasteiger partial charge in [0.25, 0.3) is 11.8 Å². The summed E-state index contributed by atoms with van der Waals surface area (Å²) in [4.78, 5) is 37.1. The lowest BCUT2D eigenvalue weighted by Gasteiger charge is -2.12. The minimum Gasteiger partial charge on any atom is -0.425 e. The van der Waals surface area contributed by atoms with Gasteiger partial charge in [-0.05, 0) is 59.0 Å². The first kappa shape index (κ1) is 14.7. The first-order chi connectivity index (χ1) is 10.6. The molecule has 0 bridgehead atoms. The van der Waals surface area contributed by atoms with Gasteiger partial charge >= 0.3 is 5.97 Å². The maximum Gasteiger partial charge on any atom is 0.331 e. The largest absolute Gasteiger partial charge is 0.425 e. The maximum absolute atomic E-state index is 12.1. The van der Waals surface area contributed by atoms with Crippen LogP contribution in [0.25, 0.3) is 0 Å². The van der Waals surface area contributed by atoms with Crippen molar-refractivity contribution in [1.29, 1.82) is 0 Å². The van der Waals surface area contributed by atoms with E-state index in [2.05, 4.69) is 22.6 Å². The lowest BCUT2D eigenvalue weighted by molar-refractivity contribution is -0.134. The van der Waals surface area contributed by atoms with E-state index >= 15 is 0 Å². The number of fused-ring (bicyclic) bond motifs is 1. The molecule has 6 heteroatoms. The van der Waals surface area contributed by atoms with Gasteiger partial charge in [-0.1, -0.05) is 12.1 Å². The van der Waals surface area contributed by atoms with Crippen molar-refractivity contribution in [2.45, 2.75) is 0 Å². The fraction of sp³-hybridized carbons (Fsp3) is 0.0625. The van der Waals surface area contributed by atoms with Crippen LogP contribution in [0.5, 0.6) is 5.75 Å². The summed E-state index contributed by atoms with van der Waals surface area (Å²) >= 11 is 2.14. The van der Waals surface area contributed by atoms with Crippen LogP contribution in [0.2, 0.25) is 0 Å². The molecule has 3 rings (SSSR count). The molecule has 0 spiro atoms. The Morgan fingerprint density at radius 1 is 0.955 bits per heavy atom. The van der Waals surface area contributed by atoms with Crippen LogP contribution < -0.4 is 4.74 Å². The van der Waals surface area contributed by atoms with Gasteiger partial charge in [0.05, 0.1) is 11.1 Å². The second-order valence-electron chi connectivity index (χ2n) is 4.67. The van der Waals surface area contributed by atoms with Crippen molar-refractivity contribution >= 4 is 40.4 Å². The minimum absolute atomic E-state index is 0.314. The standard InChI is InChI=1S/C16H10INO4/c17-10-5-7-11(8-6-10)22-14(19)9-18-15(20)12-3-1-2-4-13(12)16(18)21/h1-8H,9H2. The van der Waals surface area contributed by atoms with Crippen molar-refractivity contribution in [2.24, 2.45) is 0 Å². The molecule has 0 aromatic heterocycles. The van der Waals surface area contributed by atoms with Crippen LogP contribution in [0.15, 0.2) is 48.5 Å². The van der Waals surface area contributed by atoms with E-state index < -0.39 is 24.3 Å². The molecule has 1 heterocycles. The highest BCUT2D eigenvalue weighted by atomic mass is 127. The third kappa shape index (κ3) is 2.74. The van der Waals surface area contributed by atoms with Crippen LogP contribution in [-0.2, 0) is 4.79 Å². The van der Waals surface area contributed by atoms with Crippen molar-refractivity contribution in [2.75, 3.05) is 6.54 Å². The quantitative estimate of drug-likeness (QED) is 0.340.